The van der Waals surface area contributed by atoms with Crippen LogP contribution in [-0.2, 0) is 30.5 Å². The molecule has 268 valence electrons. The summed E-state index contributed by atoms with van der Waals surface area (Å²) in [6.45, 7) is 20.1. The SMILES string of the molecule is Cc1cc(CN(CCO[Si](C)(C)C(C)(C)C)C(=O)OC(C)(C)C)ccc1/C=C/S(=O)(=O)N1CCC2(CC1)N=C(C1CCCCC1)NC2=O. The fourth-order valence-corrected chi connectivity index (χ4v) is 8.46. The van der Waals surface area contributed by atoms with E-state index < -0.39 is 35.6 Å². The first-order valence-corrected chi connectivity index (χ1v) is 21.9. The zero-order chi connectivity index (χ0) is 35.5. The molecular formula is C36H58N4O6SSi. The Bertz CT molecular complexity index is 1490. The van der Waals surface area contributed by atoms with Crippen LogP contribution in [0.4, 0.5) is 4.79 Å². The molecule has 3 aliphatic rings. The van der Waals surface area contributed by atoms with Crippen LogP contribution in [0.25, 0.3) is 6.08 Å². The van der Waals surface area contributed by atoms with E-state index in [4.69, 9.17) is 14.2 Å². The molecule has 0 bridgehead atoms. The molecular weight excluding hydrogens is 645 g/mol. The number of hydrogen-bond acceptors (Lipinski definition) is 7. The zero-order valence-electron chi connectivity index (χ0n) is 30.6. The average molecular weight is 703 g/mol. The lowest BCUT2D eigenvalue weighted by molar-refractivity contribution is -0.125. The minimum Gasteiger partial charge on any atom is -0.444 e. The third kappa shape index (κ3) is 9.57. The van der Waals surface area contributed by atoms with Gasteiger partial charge in [-0.3, -0.25) is 9.79 Å². The fourth-order valence-electron chi connectivity index (χ4n) is 6.24. The molecule has 1 N–H and O–H groups in total. The summed E-state index contributed by atoms with van der Waals surface area (Å²) >= 11 is 0. The van der Waals surface area contributed by atoms with Crippen molar-refractivity contribution in [1.29, 1.82) is 0 Å². The number of aliphatic imine (C=N–C) groups is 1. The van der Waals surface area contributed by atoms with E-state index in [1.807, 2.05) is 45.9 Å². The number of nitrogens with one attached hydrogen (secondary N) is 1. The maximum Gasteiger partial charge on any atom is 0.410 e. The Morgan fingerprint density at radius 1 is 1.10 bits per heavy atom. The Balaban J connectivity index is 1.39. The Hall–Kier alpha value is -2.54. The molecule has 10 nitrogen and oxygen atoms in total. The van der Waals surface area contributed by atoms with Gasteiger partial charge in [-0.2, -0.15) is 4.31 Å². The van der Waals surface area contributed by atoms with Crippen LogP contribution in [0.5, 0.6) is 0 Å². The number of amidine groups is 1. The van der Waals surface area contributed by atoms with Crippen molar-refractivity contribution in [2.75, 3.05) is 26.2 Å². The number of ether oxygens (including phenoxy) is 1. The summed E-state index contributed by atoms with van der Waals surface area (Å²) < 4.78 is 40.2. The lowest BCUT2D eigenvalue weighted by Crippen LogP contribution is -2.50. The molecule has 1 saturated heterocycles. The second kappa shape index (κ2) is 14.7. The van der Waals surface area contributed by atoms with Gasteiger partial charge in [0.05, 0.1) is 6.61 Å². The molecule has 1 aromatic carbocycles. The Kier molecular flexibility index (Phi) is 11.8. The number of piperidine rings is 1. The summed E-state index contributed by atoms with van der Waals surface area (Å²) in [5.74, 6) is 1.03. The van der Waals surface area contributed by atoms with Gasteiger partial charge in [0.25, 0.3) is 5.91 Å². The van der Waals surface area contributed by atoms with Gasteiger partial charge in [0.15, 0.2) is 8.32 Å². The van der Waals surface area contributed by atoms with Crippen LogP contribution >= 0.6 is 0 Å². The highest BCUT2D eigenvalue weighted by atomic mass is 32.2. The number of hydrogen-bond donors (Lipinski definition) is 1. The topological polar surface area (TPSA) is 118 Å². The van der Waals surface area contributed by atoms with Crippen molar-refractivity contribution in [1.82, 2.24) is 14.5 Å². The first kappa shape index (κ1) is 38.3. The van der Waals surface area contributed by atoms with E-state index in [2.05, 4.69) is 39.2 Å². The number of nitrogens with zero attached hydrogens (tertiary/aromatic N) is 3. The largest absolute Gasteiger partial charge is 0.444 e. The number of rotatable bonds is 10. The van der Waals surface area contributed by atoms with E-state index >= 15 is 0 Å². The highest BCUT2D eigenvalue weighted by molar-refractivity contribution is 7.92. The molecule has 1 aromatic rings. The summed E-state index contributed by atoms with van der Waals surface area (Å²) in [6, 6.07) is 5.77. The van der Waals surface area contributed by atoms with Crippen LogP contribution < -0.4 is 5.32 Å². The first-order chi connectivity index (χ1) is 22.2. The molecule has 4 rings (SSSR count). The van der Waals surface area contributed by atoms with E-state index in [9.17, 15) is 18.0 Å². The van der Waals surface area contributed by atoms with Crippen molar-refractivity contribution in [3.8, 4) is 0 Å². The van der Waals surface area contributed by atoms with Crippen molar-refractivity contribution in [3.05, 3.63) is 40.3 Å². The van der Waals surface area contributed by atoms with Gasteiger partial charge in [-0.1, -0.05) is 58.2 Å². The van der Waals surface area contributed by atoms with E-state index in [0.717, 1.165) is 48.2 Å². The maximum absolute atomic E-state index is 13.3. The number of carbonyl (C=O) groups is 2. The van der Waals surface area contributed by atoms with Crippen LogP contribution in [0, 0.1) is 12.8 Å². The quantitative estimate of drug-likeness (QED) is 0.263. The van der Waals surface area contributed by atoms with Gasteiger partial charge < -0.3 is 19.4 Å². The highest BCUT2D eigenvalue weighted by Crippen LogP contribution is 2.37. The molecule has 0 aromatic heterocycles. The second-order valence-electron chi connectivity index (χ2n) is 16.3. The summed E-state index contributed by atoms with van der Waals surface area (Å²) in [4.78, 5) is 32.7. The minimum atomic E-state index is -3.69. The highest BCUT2D eigenvalue weighted by Gasteiger charge is 2.48. The van der Waals surface area contributed by atoms with Crippen LogP contribution in [0.1, 0.15) is 103 Å². The number of benzene rings is 1. The second-order valence-corrected chi connectivity index (χ2v) is 22.9. The van der Waals surface area contributed by atoms with Gasteiger partial charge in [-0.15, -0.1) is 0 Å². The normalized spacial score (nSPS) is 19.9. The molecule has 12 heteroatoms. The molecule has 2 aliphatic heterocycles. The predicted octanol–water partition coefficient (Wildman–Crippen LogP) is 7.00. The smallest absolute Gasteiger partial charge is 0.410 e. The summed E-state index contributed by atoms with van der Waals surface area (Å²) in [7, 11) is -5.68. The first-order valence-electron chi connectivity index (χ1n) is 17.5. The van der Waals surface area contributed by atoms with Crippen molar-refractivity contribution in [2.24, 2.45) is 10.9 Å². The van der Waals surface area contributed by atoms with Crippen molar-refractivity contribution in [2.45, 2.75) is 129 Å². The molecule has 2 fully saturated rings. The third-order valence-electron chi connectivity index (χ3n) is 10.3. The Morgan fingerprint density at radius 2 is 1.75 bits per heavy atom. The molecule has 1 saturated carbocycles. The minimum absolute atomic E-state index is 0.0626. The van der Waals surface area contributed by atoms with Gasteiger partial charge in [-0.05, 0) is 94.3 Å². The van der Waals surface area contributed by atoms with Gasteiger partial charge in [0.2, 0.25) is 10.0 Å². The Labute approximate surface area is 289 Å². The van der Waals surface area contributed by atoms with E-state index in [-0.39, 0.29) is 24.0 Å². The summed E-state index contributed by atoms with van der Waals surface area (Å²) in [6.07, 6.45) is 7.63. The van der Waals surface area contributed by atoms with Crippen LogP contribution in [0.3, 0.4) is 0 Å². The van der Waals surface area contributed by atoms with E-state index in [0.29, 0.717) is 38.5 Å². The third-order valence-corrected chi connectivity index (χ3v) is 16.4. The zero-order valence-corrected chi connectivity index (χ0v) is 32.5. The van der Waals surface area contributed by atoms with Crippen LogP contribution in [0.15, 0.2) is 28.6 Å². The van der Waals surface area contributed by atoms with Crippen LogP contribution in [0.2, 0.25) is 18.1 Å². The predicted molar refractivity (Wildman–Crippen MR) is 195 cm³/mol. The number of amides is 2. The van der Waals surface area contributed by atoms with Crippen LogP contribution in [-0.4, -0.2) is 81.2 Å². The molecule has 2 amide bonds. The standard InChI is InChI=1S/C36H58N4O6SSi/c1-27-25-28(26-39(33(42)46-34(2,3)4)22-23-45-48(8,9)35(5,6)7)15-16-29(27)17-24-47(43,44)40-20-18-36(19-21-40)32(41)37-31(38-36)30-13-11-10-12-14-30/h15-17,24-25,30H,10-14,18-23,26H2,1-9H3,(H,37,38,41)/b24-17+. The number of carbonyl (C=O) groups excluding carboxylic acids is 2. The molecule has 1 aliphatic carbocycles. The lowest BCUT2D eigenvalue weighted by Gasteiger charge is -2.37. The number of aryl methyl sites for hydroxylation is 1. The van der Waals surface area contributed by atoms with Gasteiger partial charge in [-0.25, -0.2) is 13.2 Å². The van der Waals surface area contributed by atoms with Crippen molar-refractivity contribution in [3.63, 3.8) is 0 Å². The molecule has 0 atom stereocenters. The summed E-state index contributed by atoms with van der Waals surface area (Å²) in [5.41, 5.74) is 1.10. The van der Waals surface area contributed by atoms with Gasteiger partial charge >= 0.3 is 6.09 Å². The van der Waals surface area contributed by atoms with E-state index in [1.54, 1.807) is 11.0 Å². The molecule has 0 unspecified atom stereocenters. The molecule has 1 spiro atoms. The molecule has 48 heavy (non-hydrogen) atoms. The maximum atomic E-state index is 13.3. The van der Waals surface area contributed by atoms with Gasteiger partial charge in [0, 0.05) is 37.5 Å². The molecule has 2 heterocycles. The number of sulfonamides is 1. The van der Waals surface area contributed by atoms with Crippen molar-refractivity contribution >= 4 is 42.3 Å². The van der Waals surface area contributed by atoms with Crippen molar-refractivity contribution < 1.29 is 27.2 Å². The monoisotopic (exact) mass is 702 g/mol. The molecule has 0 radical (unpaired) electrons. The van der Waals surface area contributed by atoms with Gasteiger partial charge in [0.1, 0.15) is 17.0 Å². The van der Waals surface area contributed by atoms with E-state index in [1.165, 1.54) is 16.1 Å². The Morgan fingerprint density at radius 3 is 2.33 bits per heavy atom. The fraction of sp³-hybridized carbons (Fsp3) is 0.694. The lowest BCUT2D eigenvalue weighted by atomic mass is 9.88. The summed E-state index contributed by atoms with van der Waals surface area (Å²) in [5, 5.41) is 4.36. The average Bonchev–Trinajstić information content (AvgIpc) is 3.30.